The Morgan fingerprint density at radius 2 is 1.75 bits per heavy atom. The van der Waals surface area contributed by atoms with Crippen molar-refractivity contribution in [1.29, 1.82) is 0 Å². The second kappa shape index (κ2) is 9.01. The van der Waals surface area contributed by atoms with Crippen molar-refractivity contribution < 1.29 is 14.5 Å². The lowest BCUT2D eigenvalue weighted by molar-refractivity contribution is -0.384. The Labute approximate surface area is 166 Å². The molecule has 0 atom stereocenters. The van der Waals surface area contributed by atoms with Crippen LogP contribution in [0.3, 0.4) is 0 Å². The van der Waals surface area contributed by atoms with Gasteiger partial charge in [0.2, 0.25) is 0 Å². The number of hydrogen-bond acceptors (Lipinski definition) is 4. The molecule has 6 nitrogen and oxygen atoms in total. The molecular weight excluding hydrogens is 380 g/mol. The Hall–Kier alpha value is -3.38. The van der Waals surface area contributed by atoms with Crippen molar-refractivity contribution in [1.82, 2.24) is 0 Å². The molecule has 0 aromatic heterocycles. The van der Waals surface area contributed by atoms with Crippen LogP contribution >= 0.6 is 11.6 Å². The zero-order valence-electron chi connectivity index (χ0n) is 14.8. The van der Waals surface area contributed by atoms with Crippen molar-refractivity contribution in [2.45, 2.75) is 6.42 Å². The number of benzene rings is 3. The molecule has 0 radical (unpaired) electrons. The lowest BCUT2D eigenvalue weighted by Gasteiger charge is -2.12. The second-order valence-electron chi connectivity index (χ2n) is 6.03. The summed E-state index contributed by atoms with van der Waals surface area (Å²) in [4.78, 5) is 22.5. The predicted molar refractivity (Wildman–Crippen MR) is 108 cm³/mol. The van der Waals surface area contributed by atoms with Gasteiger partial charge in [-0.25, -0.2) is 0 Å². The van der Waals surface area contributed by atoms with Gasteiger partial charge in [-0.15, -0.1) is 0 Å². The minimum atomic E-state index is -0.550. The number of carbonyl (C=O) groups excluding carboxylic acids is 1. The van der Waals surface area contributed by atoms with E-state index >= 15 is 0 Å². The van der Waals surface area contributed by atoms with Gasteiger partial charge in [-0.1, -0.05) is 60.1 Å². The SMILES string of the molecule is O=C(COc1ccc([N+](=O)[O-])cc1Cl)Nc1ccccc1Cc1ccccc1. The molecule has 0 aliphatic heterocycles. The van der Waals surface area contributed by atoms with E-state index in [0.717, 1.165) is 11.1 Å². The first-order valence-electron chi connectivity index (χ1n) is 8.51. The van der Waals surface area contributed by atoms with Gasteiger partial charge in [0, 0.05) is 17.8 Å². The van der Waals surface area contributed by atoms with E-state index in [1.807, 2.05) is 54.6 Å². The third kappa shape index (κ3) is 5.08. The maximum absolute atomic E-state index is 12.3. The summed E-state index contributed by atoms with van der Waals surface area (Å²) >= 11 is 5.97. The molecule has 1 N–H and O–H groups in total. The van der Waals surface area contributed by atoms with Crippen molar-refractivity contribution in [2.75, 3.05) is 11.9 Å². The zero-order valence-corrected chi connectivity index (χ0v) is 15.6. The molecule has 0 fully saturated rings. The molecule has 0 unspecified atom stereocenters. The number of anilines is 1. The van der Waals surface area contributed by atoms with Crippen LogP contribution < -0.4 is 10.1 Å². The molecular formula is C21H17ClN2O4. The molecule has 3 aromatic rings. The van der Waals surface area contributed by atoms with Gasteiger partial charge in [-0.2, -0.15) is 0 Å². The highest BCUT2D eigenvalue weighted by Gasteiger charge is 2.12. The van der Waals surface area contributed by atoms with Gasteiger partial charge in [-0.3, -0.25) is 14.9 Å². The number of carbonyl (C=O) groups is 1. The Kier molecular flexibility index (Phi) is 6.24. The Bertz CT molecular complexity index is 993. The number of nitro groups is 1. The first kappa shape index (κ1) is 19.4. The van der Waals surface area contributed by atoms with E-state index in [1.54, 1.807) is 0 Å². The second-order valence-corrected chi connectivity index (χ2v) is 6.44. The minimum absolute atomic E-state index is 0.0754. The summed E-state index contributed by atoms with van der Waals surface area (Å²) in [5.74, 6) is -0.144. The molecule has 0 saturated carbocycles. The van der Waals surface area contributed by atoms with E-state index in [0.29, 0.717) is 12.1 Å². The number of para-hydroxylation sites is 1. The number of nitrogens with one attached hydrogen (secondary N) is 1. The van der Waals surface area contributed by atoms with E-state index in [4.69, 9.17) is 16.3 Å². The number of nitrogens with zero attached hydrogens (tertiary/aromatic N) is 1. The molecule has 0 spiro atoms. The molecule has 0 aliphatic rings. The van der Waals surface area contributed by atoms with Crippen LogP contribution in [0.15, 0.2) is 72.8 Å². The molecule has 7 heteroatoms. The Morgan fingerprint density at radius 1 is 1.04 bits per heavy atom. The number of nitro benzene ring substituents is 1. The van der Waals surface area contributed by atoms with Crippen LogP contribution in [0.4, 0.5) is 11.4 Å². The minimum Gasteiger partial charge on any atom is -0.482 e. The van der Waals surface area contributed by atoms with Crippen LogP contribution in [-0.4, -0.2) is 17.4 Å². The molecule has 0 saturated heterocycles. The van der Waals surface area contributed by atoms with E-state index in [1.165, 1.54) is 18.2 Å². The fraction of sp³-hybridized carbons (Fsp3) is 0.0952. The third-order valence-corrected chi connectivity index (χ3v) is 4.31. The molecule has 0 heterocycles. The highest BCUT2D eigenvalue weighted by molar-refractivity contribution is 6.32. The molecule has 142 valence electrons. The van der Waals surface area contributed by atoms with Crippen molar-refractivity contribution in [3.8, 4) is 5.75 Å². The van der Waals surface area contributed by atoms with Crippen molar-refractivity contribution >= 4 is 28.9 Å². The number of ether oxygens (including phenoxy) is 1. The summed E-state index contributed by atoms with van der Waals surface area (Å²) < 4.78 is 5.40. The highest BCUT2D eigenvalue weighted by atomic mass is 35.5. The van der Waals surface area contributed by atoms with Crippen molar-refractivity contribution in [3.63, 3.8) is 0 Å². The molecule has 0 aliphatic carbocycles. The smallest absolute Gasteiger partial charge is 0.271 e. The standard InChI is InChI=1S/C21H17ClN2O4/c22-18-13-17(24(26)27)10-11-20(18)28-14-21(25)23-19-9-5-4-8-16(19)12-15-6-2-1-3-7-15/h1-11,13H,12,14H2,(H,23,25). The van der Waals surface area contributed by atoms with Gasteiger partial charge >= 0.3 is 0 Å². The number of halogens is 1. The fourth-order valence-corrected chi connectivity index (χ4v) is 2.89. The highest BCUT2D eigenvalue weighted by Crippen LogP contribution is 2.28. The van der Waals surface area contributed by atoms with E-state index in [2.05, 4.69) is 5.32 Å². The monoisotopic (exact) mass is 396 g/mol. The van der Waals surface area contributed by atoms with Crippen LogP contribution in [0.5, 0.6) is 5.75 Å². The largest absolute Gasteiger partial charge is 0.482 e. The summed E-state index contributed by atoms with van der Waals surface area (Å²) in [5, 5.41) is 13.6. The average molecular weight is 397 g/mol. The topological polar surface area (TPSA) is 81.5 Å². The number of rotatable bonds is 7. The van der Waals surface area contributed by atoms with Gasteiger partial charge in [-0.05, 0) is 29.7 Å². The maximum Gasteiger partial charge on any atom is 0.271 e. The van der Waals surface area contributed by atoms with E-state index in [-0.39, 0.29) is 29.0 Å². The maximum atomic E-state index is 12.3. The lowest BCUT2D eigenvalue weighted by atomic mass is 10.0. The predicted octanol–water partition coefficient (Wildman–Crippen LogP) is 4.86. The third-order valence-electron chi connectivity index (χ3n) is 4.01. The summed E-state index contributed by atoms with van der Waals surface area (Å²) in [6.45, 7) is -0.267. The first-order valence-corrected chi connectivity index (χ1v) is 8.89. The van der Waals surface area contributed by atoms with E-state index < -0.39 is 4.92 Å². The van der Waals surface area contributed by atoms with Crippen LogP contribution in [0.25, 0.3) is 0 Å². The fourth-order valence-electron chi connectivity index (χ4n) is 2.66. The number of hydrogen-bond donors (Lipinski definition) is 1. The van der Waals surface area contributed by atoms with Gasteiger partial charge in [0.1, 0.15) is 5.75 Å². The summed E-state index contributed by atoms with van der Waals surface area (Å²) in [6, 6.07) is 21.3. The molecule has 3 aromatic carbocycles. The molecule has 1 amide bonds. The van der Waals surface area contributed by atoms with E-state index in [9.17, 15) is 14.9 Å². The van der Waals surface area contributed by atoms with Crippen LogP contribution in [0.1, 0.15) is 11.1 Å². The van der Waals surface area contributed by atoms with Crippen molar-refractivity contribution in [2.24, 2.45) is 0 Å². The molecule has 28 heavy (non-hydrogen) atoms. The Balaban J connectivity index is 1.63. The van der Waals surface area contributed by atoms with Crippen LogP contribution in [-0.2, 0) is 11.2 Å². The average Bonchev–Trinajstić information content (AvgIpc) is 2.69. The molecule has 0 bridgehead atoms. The molecule has 3 rings (SSSR count). The van der Waals surface area contributed by atoms with Gasteiger partial charge in [0.05, 0.1) is 9.95 Å². The van der Waals surface area contributed by atoms with Crippen LogP contribution in [0.2, 0.25) is 5.02 Å². The lowest BCUT2D eigenvalue weighted by Crippen LogP contribution is -2.21. The van der Waals surface area contributed by atoms with Gasteiger partial charge in [0.25, 0.3) is 11.6 Å². The summed E-state index contributed by atoms with van der Waals surface area (Å²) in [6.07, 6.45) is 0.687. The van der Waals surface area contributed by atoms with Gasteiger partial charge in [0.15, 0.2) is 6.61 Å². The van der Waals surface area contributed by atoms with Crippen LogP contribution in [0, 0.1) is 10.1 Å². The summed E-state index contributed by atoms with van der Waals surface area (Å²) in [7, 11) is 0. The summed E-state index contributed by atoms with van der Waals surface area (Å²) in [5.41, 5.74) is 2.68. The number of non-ortho nitro benzene ring substituents is 1. The normalized spacial score (nSPS) is 10.3. The van der Waals surface area contributed by atoms with Gasteiger partial charge < -0.3 is 10.1 Å². The Morgan fingerprint density at radius 3 is 2.46 bits per heavy atom. The first-order chi connectivity index (χ1) is 13.5. The van der Waals surface area contributed by atoms with Crippen molar-refractivity contribution in [3.05, 3.63) is 99.1 Å². The quantitative estimate of drug-likeness (QED) is 0.457. The number of amides is 1. The zero-order chi connectivity index (χ0) is 19.9.